The molecular formula is C12H15NO2. The highest BCUT2D eigenvalue weighted by Crippen LogP contribution is 2.26. The molecule has 0 unspecified atom stereocenters. The number of hydrogen-bond donors (Lipinski definition) is 1. The maximum Gasteiger partial charge on any atom is 0.257 e. The Labute approximate surface area is 89.3 Å². The number of rotatable bonds is 2. The maximum atomic E-state index is 12.0. The second-order valence-corrected chi connectivity index (χ2v) is 4.02. The molecule has 0 heterocycles. The summed E-state index contributed by atoms with van der Waals surface area (Å²) in [5, 5.41) is 9.55. The Morgan fingerprint density at radius 3 is 2.60 bits per heavy atom. The maximum absolute atomic E-state index is 12.0. The van der Waals surface area contributed by atoms with Gasteiger partial charge in [-0.3, -0.25) is 4.79 Å². The lowest BCUT2D eigenvalue weighted by Crippen LogP contribution is -2.41. The minimum absolute atomic E-state index is 0.0636. The number of carbonyl (C=O) groups is 1. The van der Waals surface area contributed by atoms with E-state index in [1.807, 2.05) is 0 Å². The van der Waals surface area contributed by atoms with Gasteiger partial charge in [-0.25, -0.2) is 0 Å². The third-order valence-electron chi connectivity index (χ3n) is 3.08. The molecule has 1 aromatic rings. The molecule has 0 aromatic heterocycles. The fourth-order valence-electron chi connectivity index (χ4n) is 1.78. The fraction of sp³-hybridized carbons (Fsp3) is 0.417. The van der Waals surface area contributed by atoms with Gasteiger partial charge < -0.3 is 10.0 Å². The van der Waals surface area contributed by atoms with Crippen molar-refractivity contribution in [3.05, 3.63) is 29.8 Å². The van der Waals surface area contributed by atoms with Crippen LogP contribution in [0.5, 0.6) is 5.75 Å². The second-order valence-electron chi connectivity index (χ2n) is 4.02. The lowest BCUT2D eigenvalue weighted by Gasteiger charge is -2.34. The van der Waals surface area contributed by atoms with Crippen molar-refractivity contribution in [2.45, 2.75) is 25.3 Å². The first-order chi connectivity index (χ1) is 7.20. The lowest BCUT2D eigenvalue weighted by atomic mass is 9.91. The Hall–Kier alpha value is -1.51. The van der Waals surface area contributed by atoms with Crippen molar-refractivity contribution in [2.75, 3.05) is 7.05 Å². The summed E-state index contributed by atoms with van der Waals surface area (Å²) in [6.07, 6.45) is 3.36. The van der Waals surface area contributed by atoms with Crippen molar-refractivity contribution in [3.8, 4) is 5.75 Å². The van der Waals surface area contributed by atoms with E-state index in [9.17, 15) is 9.90 Å². The van der Waals surface area contributed by atoms with Gasteiger partial charge in [0.25, 0.3) is 5.91 Å². The molecule has 2 rings (SSSR count). The van der Waals surface area contributed by atoms with E-state index in [0.29, 0.717) is 11.6 Å². The first-order valence-electron chi connectivity index (χ1n) is 5.25. The zero-order chi connectivity index (χ0) is 10.8. The van der Waals surface area contributed by atoms with Crippen molar-refractivity contribution in [3.63, 3.8) is 0 Å². The van der Waals surface area contributed by atoms with Gasteiger partial charge in [0.05, 0.1) is 5.56 Å². The van der Waals surface area contributed by atoms with Crippen LogP contribution >= 0.6 is 0 Å². The third kappa shape index (κ3) is 1.82. The average molecular weight is 205 g/mol. The van der Waals surface area contributed by atoms with Gasteiger partial charge in [0.2, 0.25) is 0 Å². The van der Waals surface area contributed by atoms with E-state index in [0.717, 1.165) is 12.8 Å². The summed E-state index contributed by atoms with van der Waals surface area (Å²) in [4.78, 5) is 13.7. The van der Waals surface area contributed by atoms with Gasteiger partial charge in [-0.15, -0.1) is 0 Å². The molecule has 0 radical (unpaired) electrons. The molecule has 1 N–H and O–H groups in total. The molecule has 1 amide bonds. The van der Waals surface area contributed by atoms with Gasteiger partial charge in [-0.1, -0.05) is 12.1 Å². The molecule has 1 fully saturated rings. The highest BCUT2D eigenvalue weighted by atomic mass is 16.3. The van der Waals surface area contributed by atoms with Gasteiger partial charge in [0.15, 0.2) is 0 Å². The van der Waals surface area contributed by atoms with Gasteiger partial charge in [0.1, 0.15) is 5.75 Å². The predicted octanol–water partition coefficient (Wildman–Crippen LogP) is 2.02. The van der Waals surface area contributed by atoms with Crippen LogP contribution in [0.3, 0.4) is 0 Å². The van der Waals surface area contributed by atoms with Crippen molar-refractivity contribution < 1.29 is 9.90 Å². The molecule has 1 aliphatic carbocycles. The molecule has 80 valence electrons. The summed E-state index contributed by atoms with van der Waals surface area (Å²) in [5.74, 6) is -0.0218. The molecule has 3 nitrogen and oxygen atoms in total. The smallest absolute Gasteiger partial charge is 0.257 e. The van der Waals surface area contributed by atoms with E-state index < -0.39 is 0 Å². The number of carbonyl (C=O) groups excluding carboxylic acids is 1. The van der Waals surface area contributed by atoms with Crippen molar-refractivity contribution >= 4 is 5.91 Å². The van der Waals surface area contributed by atoms with Gasteiger partial charge in [0, 0.05) is 13.1 Å². The van der Waals surface area contributed by atoms with Crippen LogP contribution in [-0.4, -0.2) is 29.0 Å². The van der Waals surface area contributed by atoms with E-state index in [2.05, 4.69) is 0 Å². The summed E-state index contributed by atoms with van der Waals surface area (Å²) < 4.78 is 0. The lowest BCUT2D eigenvalue weighted by molar-refractivity contribution is 0.0649. The number of aromatic hydroxyl groups is 1. The number of amides is 1. The van der Waals surface area contributed by atoms with Crippen molar-refractivity contribution in [1.29, 1.82) is 0 Å². The molecular weight excluding hydrogens is 190 g/mol. The summed E-state index contributed by atoms with van der Waals surface area (Å²) in [6, 6.07) is 7.04. The number of phenols is 1. The molecule has 3 heteroatoms. The van der Waals surface area contributed by atoms with E-state index in [4.69, 9.17) is 0 Å². The number of para-hydroxylation sites is 1. The van der Waals surface area contributed by atoms with Crippen LogP contribution in [0.4, 0.5) is 0 Å². The van der Waals surface area contributed by atoms with Crippen molar-refractivity contribution in [2.24, 2.45) is 0 Å². The first-order valence-corrected chi connectivity index (χ1v) is 5.25. The van der Waals surface area contributed by atoms with E-state index in [1.165, 1.54) is 6.42 Å². The summed E-state index contributed by atoms with van der Waals surface area (Å²) in [6.45, 7) is 0. The standard InChI is InChI=1S/C12H15NO2/c1-13(9-5-4-6-9)12(15)10-7-2-3-8-11(10)14/h2-3,7-9,14H,4-6H2,1H3. The average Bonchev–Trinajstić information content (AvgIpc) is 2.15. The molecule has 0 bridgehead atoms. The molecule has 1 saturated carbocycles. The van der Waals surface area contributed by atoms with Gasteiger partial charge in [-0.2, -0.15) is 0 Å². The molecule has 15 heavy (non-hydrogen) atoms. The quantitative estimate of drug-likeness (QED) is 0.802. The third-order valence-corrected chi connectivity index (χ3v) is 3.08. The largest absolute Gasteiger partial charge is 0.507 e. The Bertz CT molecular complexity index is 372. The number of phenolic OH excluding ortho intramolecular Hbond substituents is 1. The highest BCUT2D eigenvalue weighted by molar-refractivity contribution is 5.96. The topological polar surface area (TPSA) is 40.5 Å². The Morgan fingerprint density at radius 1 is 1.40 bits per heavy atom. The van der Waals surface area contributed by atoms with Crippen LogP contribution in [0.2, 0.25) is 0 Å². The van der Waals surface area contributed by atoms with E-state index in [1.54, 1.807) is 36.2 Å². The molecule has 0 atom stereocenters. The summed E-state index contributed by atoms with van der Waals surface area (Å²) in [7, 11) is 1.80. The predicted molar refractivity (Wildman–Crippen MR) is 57.8 cm³/mol. The number of benzene rings is 1. The molecule has 1 aromatic carbocycles. The van der Waals surface area contributed by atoms with E-state index >= 15 is 0 Å². The Balaban J connectivity index is 2.16. The first kappa shape index (κ1) is 10.0. The molecule has 0 aliphatic heterocycles. The highest BCUT2D eigenvalue weighted by Gasteiger charge is 2.27. The SMILES string of the molecule is CN(C(=O)c1ccccc1O)C1CCC1. The van der Waals surface area contributed by atoms with Crippen molar-refractivity contribution in [1.82, 2.24) is 4.90 Å². The minimum atomic E-state index is -0.0854. The summed E-state index contributed by atoms with van der Waals surface area (Å²) >= 11 is 0. The number of nitrogens with zero attached hydrogens (tertiary/aromatic N) is 1. The van der Waals surface area contributed by atoms with Crippen LogP contribution < -0.4 is 0 Å². The number of hydrogen-bond acceptors (Lipinski definition) is 2. The van der Waals surface area contributed by atoms with E-state index in [-0.39, 0.29) is 11.7 Å². The van der Waals surface area contributed by atoms with Crippen LogP contribution in [-0.2, 0) is 0 Å². The van der Waals surface area contributed by atoms with Crippen LogP contribution in [0.1, 0.15) is 29.6 Å². The normalized spacial score (nSPS) is 15.8. The monoisotopic (exact) mass is 205 g/mol. The zero-order valence-electron chi connectivity index (χ0n) is 8.81. The Kier molecular flexibility index (Phi) is 2.62. The minimum Gasteiger partial charge on any atom is -0.507 e. The summed E-state index contributed by atoms with van der Waals surface area (Å²) in [5.41, 5.74) is 0.395. The zero-order valence-corrected chi connectivity index (χ0v) is 8.81. The molecule has 0 spiro atoms. The second kappa shape index (κ2) is 3.93. The van der Waals surface area contributed by atoms with Crippen LogP contribution in [0, 0.1) is 0 Å². The van der Waals surface area contributed by atoms with Gasteiger partial charge >= 0.3 is 0 Å². The fourth-order valence-corrected chi connectivity index (χ4v) is 1.78. The van der Waals surface area contributed by atoms with Crippen LogP contribution in [0.25, 0.3) is 0 Å². The van der Waals surface area contributed by atoms with Gasteiger partial charge in [-0.05, 0) is 31.4 Å². The molecule has 0 saturated heterocycles. The van der Waals surface area contributed by atoms with Crippen LogP contribution in [0.15, 0.2) is 24.3 Å². The molecule has 1 aliphatic rings. The Morgan fingerprint density at radius 2 is 2.07 bits per heavy atom.